The molecule has 0 spiro atoms. The second-order valence-electron chi connectivity index (χ2n) is 5.23. The van der Waals surface area contributed by atoms with E-state index in [2.05, 4.69) is 31.3 Å². The molecule has 0 aliphatic rings. The van der Waals surface area contributed by atoms with Crippen LogP contribution in [0.3, 0.4) is 0 Å². The van der Waals surface area contributed by atoms with Crippen LogP contribution in [0.5, 0.6) is 5.75 Å². The van der Waals surface area contributed by atoms with E-state index in [0.29, 0.717) is 5.75 Å². The van der Waals surface area contributed by atoms with E-state index in [-0.39, 0.29) is 18.6 Å². The number of benzene rings is 2. The smallest absolute Gasteiger partial charge is 0.258 e. The standard InChI is InChI=1S/C18H21NO2/c1-13-9-10-16(11-14(13)2)15(3)19-18(20)12-21-17-7-5-4-6-8-17/h4-11,15H,12H2,1-3H3,(H,19,20). The molecule has 0 saturated carbocycles. The highest BCUT2D eigenvalue weighted by molar-refractivity contribution is 5.78. The van der Waals surface area contributed by atoms with Gasteiger partial charge in [0.1, 0.15) is 5.75 Å². The Morgan fingerprint density at radius 1 is 1.10 bits per heavy atom. The van der Waals surface area contributed by atoms with Crippen LogP contribution in [0.1, 0.15) is 29.7 Å². The van der Waals surface area contributed by atoms with Crippen molar-refractivity contribution >= 4 is 5.91 Å². The van der Waals surface area contributed by atoms with Gasteiger partial charge in [0, 0.05) is 0 Å². The Morgan fingerprint density at radius 3 is 2.48 bits per heavy atom. The zero-order valence-corrected chi connectivity index (χ0v) is 12.7. The molecule has 110 valence electrons. The fourth-order valence-electron chi connectivity index (χ4n) is 2.07. The van der Waals surface area contributed by atoms with Gasteiger partial charge in [-0.1, -0.05) is 36.4 Å². The molecular formula is C18H21NO2. The summed E-state index contributed by atoms with van der Waals surface area (Å²) in [5, 5.41) is 2.95. The number of para-hydroxylation sites is 1. The third-order valence-corrected chi connectivity index (χ3v) is 3.52. The molecule has 0 radical (unpaired) electrons. The molecule has 0 bridgehead atoms. The van der Waals surface area contributed by atoms with Gasteiger partial charge in [-0.05, 0) is 49.6 Å². The van der Waals surface area contributed by atoms with E-state index in [1.807, 2.05) is 43.3 Å². The number of hydrogen-bond acceptors (Lipinski definition) is 2. The molecule has 1 amide bonds. The summed E-state index contributed by atoms with van der Waals surface area (Å²) >= 11 is 0. The maximum absolute atomic E-state index is 11.9. The van der Waals surface area contributed by atoms with Gasteiger partial charge in [-0.2, -0.15) is 0 Å². The van der Waals surface area contributed by atoms with Crippen LogP contribution in [0.2, 0.25) is 0 Å². The lowest BCUT2D eigenvalue weighted by Crippen LogP contribution is -2.31. The number of rotatable bonds is 5. The summed E-state index contributed by atoms with van der Waals surface area (Å²) in [6.07, 6.45) is 0. The van der Waals surface area contributed by atoms with Gasteiger partial charge in [0.25, 0.3) is 5.91 Å². The van der Waals surface area contributed by atoms with Crippen LogP contribution in [-0.2, 0) is 4.79 Å². The van der Waals surface area contributed by atoms with Crippen molar-refractivity contribution in [3.05, 3.63) is 65.2 Å². The molecule has 0 aliphatic carbocycles. The normalized spacial score (nSPS) is 11.8. The first kappa shape index (κ1) is 15.1. The maximum atomic E-state index is 11.9. The summed E-state index contributed by atoms with van der Waals surface area (Å²) in [5.41, 5.74) is 3.59. The molecular weight excluding hydrogens is 262 g/mol. The van der Waals surface area contributed by atoms with Crippen LogP contribution < -0.4 is 10.1 Å². The molecule has 3 heteroatoms. The van der Waals surface area contributed by atoms with E-state index < -0.39 is 0 Å². The molecule has 0 heterocycles. The molecule has 2 rings (SSSR count). The van der Waals surface area contributed by atoms with Gasteiger partial charge in [0.15, 0.2) is 6.61 Å². The van der Waals surface area contributed by atoms with Crippen molar-refractivity contribution in [3.8, 4) is 5.75 Å². The maximum Gasteiger partial charge on any atom is 0.258 e. The molecule has 0 aliphatic heterocycles. The van der Waals surface area contributed by atoms with Crippen LogP contribution in [0.25, 0.3) is 0 Å². The average Bonchev–Trinajstić information content (AvgIpc) is 2.49. The van der Waals surface area contributed by atoms with Gasteiger partial charge in [0.2, 0.25) is 0 Å². The van der Waals surface area contributed by atoms with E-state index >= 15 is 0 Å². The SMILES string of the molecule is Cc1ccc(C(C)NC(=O)COc2ccccc2)cc1C. The van der Waals surface area contributed by atoms with Crippen molar-refractivity contribution in [2.24, 2.45) is 0 Å². The van der Waals surface area contributed by atoms with Gasteiger partial charge < -0.3 is 10.1 Å². The molecule has 2 aromatic rings. The highest BCUT2D eigenvalue weighted by Gasteiger charge is 2.10. The van der Waals surface area contributed by atoms with Crippen LogP contribution in [0.4, 0.5) is 0 Å². The number of aryl methyl sites for hydroxylation is 2. The lowest BCUT2D eigenvalue weighted by molar-refractivity contribution is -0.123. The topological polar surface area (TPSA) is 38.3 Å². The molecule has 1 N–H and O–H groups in total. The predicted octanol–water partition coefficient (Wildman–Crippen LogP) is 3.56. The largest absolute Gasteiger partial charge is 0.484 e. The minimum absolute atomic E-state index is 0.0270. The summed E-state index contributed by atoms with van der Waals surface area (Å²) in [6.45, 7) is 6.16. The van der Waals surface area contributed by atoms with Crippen LogP contribution in [-0.4, -0.2) is 12.5 Å². The Bertz CT molecular complexity index is 608. The minimum atomic E-state index is -0.121. The molecule has 0 fully saturated rings. The van der Waals surface area contributed by atoms with E-state index in [9.17, 15) is 4.79 Å². The minimum Gasteiger partial charge on any atom is -0.484 e. The number of nitrogens with one attached hydrogen (secondary N) is 1. The summed E-state index contributed by atoms with van der Waals surface area (Å²) < 4.78 is 5.44. The third kappa shape index (κ3) is 4.35. The highest BCUT2D eigenvalue weighted by atomic mass is 16.5. The summed E-state index contributed by atoms with van der Waals surface area (Å²) in [6, 6.07) is 15.5. The molecule has 0 saturated heterocycles. The average molecular weight is 283 g/mol. The Hall–Kier alpha value is -2.29. The van der Waals surface area contributed by atoms with Crippen molar-refractivity contribution in [2.45, 2.75) is 26.8 Å². The lowest BCUT2D eigenvalue weighted by atomic mass is 10.0. The number of carbonyl (C=O) groups is 1. The zero-order chi connectivity index (χ0) is 15.2. The van der Waals surface area contributed by atoms with Crippen LogP contribution in [0.15, 0.2) is 48.5 Å². The number of hydrogen-bond donors (Lipinski definition) is 1. The van der Waals surface area contributed by atoms with E-state index in [0.717, 1.165) is 5.56 Å². The molecule has 1 unspecified atom stereocenters. The molecule has 0 aromatic heterocycles. The predicted molar refractivity (Wildman–Crippen MR) is 84.4 cm³/mol. The molecule has 21 heavy (non-hydrogen) atoms. The molecule has 1 atom stereocenters. The highest BCUT2D eigenvalue weighted by Crippen LogP contribution is 2.16. The zero-order valence-electron chi connectivity index (χ0n) is 12.7. The number of carbonyl (C=O) groups excluding carboxylic acids is 1. The van der Waals surface area contributed by atoms with E-state index in [1.165, 1.54) is 11.1 Å². The van der Waals surface area contributed by atoms with Crippen molar-refractivity contribution in [1.82, 2.24) is 5.32 Å². The Kier molecular flexibility index (Phi) is 4.99. The lowest BCUT2D eigenvalue weighted by Gasteiger charge is -2.16. The van der Waals surface area contributed by atoms with Crippen molar-refractivity contribution in [3.63, 3.8) is 0 Å². The number of amides is 1. The second kappa shape index (κ2) is 6.93. The van der Waals surface area contributed by atoms with Crippen LogP contribution in [0, 0.1) is 13.8 Å². The second-order valence-corrected chi connectivity index (χ2v) is 5.23. The fraction of sp³-hybridized carbons (Fsp3) is 0.278. The Labute approximate surface area is 126 Å². The van der Waals surface area contributed by atoms with Gasteiger partial charge >= 0.3 is 0 Å². The van der Waals surface area contributed by atoms with Crippen LogP contribution >= 0.6 is 0 Å². The van der Waals surface area contributed by atoms with Gasteiger partial charge in [0.05, 0.1) is 6.04 Å². The van der Waals surface area contributed by atoms with E-state index in [4.69, 9.17) is 4.74 Å². The van der Waals surface area contributed by atoms with Gasteiger partial charge in [-0.25, -0.2) is 0 Å². The van der Waals surface area contributed by atoms with Gasteiger partial charge in [-0.15, -0.1) is 0 Å². The molecule has 2 aromatic carbocycles. The summed E-state index contributed by atoms with van der Waals surface area (Å²) in [7, 11) is 0. The first-order chi connectivity index (χ1) is 10.1. The molecule has 3 nitrogen and oxygen atoms in total. The van der Waals surface area contributed by atoms with Crippen molar-refractivity contribution in [1.29, 1.82) is 0 Å². The quantitative estimate of drug-likeness (QED) is 0.911. The first-order valence-corrected chi connectivity index (χ1v) is 7.10. The summed E-state index contributed by atoms with van der Waals surface area (Å²) in [4.78, 5) is 11.9. The van der Waals surface area contributed by atoms with Crippen molar-refractivity contribution in [2.75, 3.05) is 6.61 Å². The van der Waals surface area contributed by atoms with E-state index in [1.54, 1.807) is 0 Å². The summed E-state index contributed by atoms with van der Waals surface area (Å²) in [5.74, 6) is 0.580. The van der Waals surface area contributed by atoms with Crippen molar-refractivity contribution < 1.29 is 9.53 Å². The first-order valence-electron chi connectivity index (χ1n) is 7.10. The monoisotopic (exact) mass is 283 g/mol. The Balaban J connectivity index is 1.88. The Morgan fingerprint density at radius 2 is 1.81 bits per heavy atom. The fourth-order valence-corrected chi connectivity index (χ4v) is 2.07. The third-order valence-electron chi connectivity index (χ3n) is 3.52. The van der Waals surface area contributed by atoms with Gasteiger partial charge in [-0.3, -0.25) is 4.79 Å². The number of ether oxygens (including phenoxy) is 1.